The van der Waals surface area contributed by atoms with Gasteiger partial charge in [-0.3, -0.25) is 0 Å². The van der Waals surface area contributed by atoms with E-state index in [1.807, 2.05) is 0 Å². The quantitative estimate of drug-likeness (QED) is 0.647. The van der Waals surface area contributed by atoms with E-state index in [1.54, 1.807) is 41.9 Å². The number of esters is 1. The maximum absolute atomic E-state index is 13.7. The molecule has 3 aromatic rings. The third-order valence-electron chi connectivity index (χ3n) is 3.72. The minimum atomic E-state index is -0.615. The van der Waals surface area contributed by atoms with Crippen molar-refractivity contribution in [2.24, 2.45) is 0 Å². The first-order chi connectivity index (χ1) is 12.0. The van der Waals surface area contributed by atoms with Crippen molar-refractivity contribution in [3.63, 3.8) is 0 Å². The van der Waals surface area contributed by atoms with Crippen molar-refractivity contribution in [2.75, 3.05) is 0 Å². The first kappa shape index (κ1) is 17.1. The standard InChI is InChI=1S/C18H15ClFN3O2/c1-12-2-3-14(8-16(12)20)18(24)25-17(9-23-11-21-10-22-23)13-4-6-15(19)7-5-13/h2-8,10-11,17H,9H2,1H3. The highest BCUT2D eigenvalue weighted by atomic mass is 35.5. The molecule has 0 aliphatic carbocycles. The van der Waals surface area contributed by atoms with E-state index in [4.69, 9.17) is 16.3 Å². The Bertz CT molecular complexity index is 867. The van der Waals surface area contributed by atoms with Crippen LogP contribution in [0.25, 0.3) is 0 Å². The SMILES string of the molecule is Cc1ccc(C(=O)OC(Cn2cncn2)c2ccc(Cl)cc2)cc1F. The zero-order chi connectivity index (χ0) is 17.8. The normalized spacial score (nSPS) is 12.0. The summed E-state index contributed by atoms with van der Waals surface area (Å²) < 4.78 is 20.9. The largest absolute Gasteiger partial charge is 0.452 e. The van der Waals surface area contributed by atoms with Crippen molar-refractivity contribution < 1.29 is 13.9 Å². The lowest BCUT2D eigenvalue weighted by Gasteiger charge is -2.18. The molecule has 25 heavy (non-hydrogen) atoms. The van der Waals surface area contributed by atoms with E-state index >= 15 is 0 Å². The number of aryl methyl sites for hydroxylation is 1. The third kappa shape index (κ3) is 4.22. The van der Waals surface area contributed by atoms with Crippen LogP contribution in [0.4, 0.5) is 4.39 Å². The number of rotatable bonds is 5. The van der Waals surface area contributed by atoms with E-state index in [1.165, 1.54) is 24.8 Å². The number of halogens is 2. The van der Waals surface area contributed by atoms with Crippen LogP contribution in [0, 0.1) is 12.7 Å². The lowest BCUT2D eigenvalue weighted by Crippen LogP contribution is -2.17. The molecule has 0 aliphatic heterocycles. The minimum Gasteiger partial charge on any atom is -0.452 e. The molecule has 0 fully saturated rings. The van der Waals surface area contributed by atoms with Gasteiger partial charge in [0.1, 0.15) is 24.6 Å². The Balaban J connectivity index is 1.84. The van der Waals surface area contributed by atoms with Crippen LogP contribution in [-0.4, -0.2) is 20.7 Å². The van der Waals surface area contributed by atoms with Crippen molar-refractivity contribution in [2.45, 2.75) is 19.6 Å². The van der Waals surface area contributed by atoms with Crippen molar-refractivity contribution in [3.8, 4) is 0 Å². The predicted molar refractivity (Wildman–Crippen MR) is 90.8 cm³/mol. The molecule has 0 spiro atoms. The van der Waals surface area contributed by atoms with Crippen molar-refractivity contribution in [1.82, 2.24) is 14.8 Å². The number of aromatic nitrogens is 3. The number of benzene rings is 2. The molecule has 3 rings (SSSR count). The van der Waals surface area contributed by atoms with Gasteiger partial charge in [-0.2, -0.15) is 5.10 Å². The number of ether oxygens (including phenoxy) is 1. The second kappa shape index (κ2) is 7.44. The molecular formula is C18H15ClFN3O2. The van der Waals surface area contributed by atoms with Crippen LogP contribution in [0.3, 0.4) is 0 Å². The fraction of sp³-hybridized carbons (Fsp3) is 0.167. The first-order valence-corrected chi connectivity index (χ1v) is 7.96. The Hall–Kier alpha value is -2.73. The van der Waals surface area contributed by atoms with E-state index in [9.17, 15) is 9.18 Å². The van der Waals surface area contributed by atoms with Crippen LogP contribution < -0.4 is 0 Å². The molecule has 0 saturated carbocycles. The van der Waals surface area contributed by atoms with Crippen molar-refractivity contribution >= 4 is 17.6 Å². The van der Waals surface area contributed by atoms with Gasteiger partial charge < -0.3 is 4.74 Å². The average Bonchev–Trinajstić information content (AvgIpc) is 3.10. The number of hydrogen-bond acceptors (Lipinski definition) is 4. The molecule has 0 N–H and O–H groups in total. The van der Waals surface area contributed by atoms with Gasteiger partial charge in [0.25, 0.3) is 0 Å². The van der Waals surface area contributed by atoms with Gasteiger partial charge in [-0.05, 0) is 42.3 Å². The van der Waals surface area contributed by atoms with Crippen molar-refractivity contribution in [1.29, 1.82) is 0 Å². The van der Waals surface area contributed by atoms with Gasteiger partial charge in [-0.1, -0.05) is 29.8 Å². The predicted octanol–water partition coefficient (Wildman–Crippen LogP) is 3.98. The molecule has 0 saturated heterocycles. The Labute approximate surface area is 149 Å². The monoisotopic (exact) mass is 359 g/mol. The Morgan fingerprint density at radius 3 is 2.68 bits per heavy atom. The van der Waals surface area contributed by atoms with Crippen LogP contribution in [0.15, 0.2) is 55.1 Å². The van der Waals surface area contributed by atoms with Gasteiger partial charge in [0.15, 0.2) is 0 Å². The second-order valence-electron chi connectivity index (χ2n) is 5.53. The third-order valence-corrected chi connectivity index (χ3v) is 3.97. The topological polar surface area (TPSA) is 57.0 Å². The Kier molecular flexibility index (Phi) is 5.09. The summed E-state index contributed by atoms with van der Waals surface area (Å²) in [5.74, 6) is -1.06. The van der Waals surface area contributed by atoms with Crippen LogP contribution in [0.2, 0.25) is 5.02 Å². The lowest BCUT2D eigenvalue weighted by atomic mass is 10.1. The van der Waals surface area contributed by atoms with Crippen LogP contribution in [-0.2, 0) is 11.3 Å². The van der Waals surface area contributed by atoms with Crippen LogP contribution in [0.5, 0.6) is 0 Å². The summed E-state index contributed by atoms with van der Waals surface area (Å²) in [6.07, 6.45) is 2.31. The molecular weight excluding hydrogens is 345 g/mol. The molecule has 2 aromatic carbocycles. The average molecular weight is 360 g/mol. The molecule has 5 nitrogen and oxygen atoms in total. The van der Waals surface area contributed by atoms with E-state index in [2.05, 4.69) is 10.1 Å². The molecule has 1 atom stereocenters. The highest BCUT2D eigenvalue weighted by Gasteiger charge is 2.20. The molecule has 0 bridgehead atoms. The summed E-state index contributed by atoms with van der Waals surface area (Å²) in [4.78, 5) is 16.3. The van der Waals surface area contributed by atoms with E-state index < -0.39 is 17.9 Å². The van der Waals surface area contributed by atoms with E-state index in [0.29, 0.717) is 10.6 Å². The Morgan fingerprint density at radius 2 is 2.04 bits per heavy atom. The van der Waals surface area contributed by atoms with Crippen LogP contribution >= 0.6 is 11.6 Å². The number of hydrogen-bond donors (Lipinski definition) is 0. The molecule has 0 amide bonds. The summed E-state index contributed by atoms with van der Waals surface area (Å²) in [5, 5.41) is 4.61. The first-order valence-electron chi connectivity index (χ1n) is 7.58. The van der Waals surface area contributed by atoms with E-state index in [-0.39, 0.29) is 12.1 Å². The summed E-state index contributed by atoms with van der Waals surface area (Å²) in [5.41, 5.74) is 1.37. The van der Waals surface area contributed by atoms with Crippen LogP contribution in [0.1, 0.15) is 27.6 Å². The fourth-order valence-electron chi connectivity index (χ4n) is 2.30. The maximum atomic E-state index is 13.7. The smallest absolute Gasteiger partial charge is 0.338 e. The number of carbonyl (C=O) groups is 1. The zero-order valence-electron chi connectivity index (χ0n) is 13.4. The van der Waals surface area contributed by atoms with Gasteiger partial charge in [0.2, 0.25) is 0 Å². The van der Waals surface area contributed by atoms with Gasteiger partial charge in [0, 0.05) is 5.02 Å². The Morgan fingerprint density at radius 1 is 1.28 bits per heavy atom. The second-order valence-corrected chi connectivity index (χ2v) is 5.96. The van der Waals surface area contributed by atoms with Gasteiger partial charge >= 0.3 is 5.97 Å². The van der Waals surface area contributed by atoms with Gasteiger partial charge in [0.05, 0.1) is 12.1 Å². The maximum Gasteiger partial charge on any atom is 0.338 e. The summed E-state index contributed by atoms with van der Waals surface area (Å²) in [7, 11) is 0. The van der Waals surface area contributed by atoms with E-state index in [0.717, 1.165) is 5.56 Å². The molecule has 128 valence electrons. The van der Waals surface area contributed by atoms with Crippen molar-refractivity contribution in [3.05, 3.63) is 82.6 Å². The number of nitrogens with zero attached hydrogens (tertiary/aromatic N) is 3. The molecule has 0 radical (unpaired) electrons. The number of carbonyl (C=O) groups excluding carboxylic acids is 1. The molecule has 7 heteroatoms. The summed E-state index contributed by atoms with van der Waals surface area (Å²) in [6.45, 7) is 1.91. The lowest BCUT2D eigenvalue weighted by molar-refractivity contribution is 0.0246. The minimum absolute atomic E-state index is 0.153. The molecule has 1 heterocycles. The highest BCUT2D eigenvalue weighted by molar-refractivity contribution is 6.30. The molecule has 1 aromatic heterocycles. The molecule has 1 unspecified atom stereocenters. The highest BCUT2D eigenvalue weighted by Crippen LogP contribution is 2.23. The zero-order valence-corrected chi connectivity index (χ0v) is 14.2. The summed E-state index contributed by atoms with van der Waals surface area (Å²) in [6, 6.07) is 11.2. The van der Waals surface area contributed by atoms with Gasteiger partial charge in [-0.25, -0.2) is 18.9 Å². The van der Waals surface area contributed by atoms with Gasteiger partial charge in [-0.15, -0.1) is 0 Å². The fourth-order valence-corrected chi connectivity index (χ4v) is 2.43. The summed E-state index contributed by atoms with van der Waals surface area (Å²) >= 11 is 5.92. The molecule has 0 aliphatic rings.